The van der Waals surface area contributed by atoms with Crippen LogP contribution in [0.2, 0.25) is 0 Å². The molecular formula is C18H36N2O. The highest BCUT2D eigenvalue weighted by Crippen LogP contribution is 2.40. The Hall–Kier alpha value is -0.120. The lowest BCUT2D eigenvalue weighted by Crippen LogP contribution is -2.55. The van der Waals surface area contributed by atoms with Gasteiger partial charge in [-0.1, -0.05) is 33.6 Å². The third kappa shape index (κ3) is 4.43. The Kier molecular flexibility index (Phi) is 6.10. The second-order valence-corrected chi connectivity index (χ2v) is 7.87. The Bertz CT molecular complexity index is 322. The van der Waals surface area contributed by atoms with Gasteiger partial charge >= 0.3 is 0 Å². The monoisotopic (exact) mass is 296 g/mol. The van der Waals surface area contributed by atoms with Gasteiger partial charge in [0, 0.05) is 32.1 Å². The smallest absolute Gasteiger partial charge is 0.0700 e. The number of piperidine rings is 1. The van der Waals surface area contributed by atoms with Crippen LogP contribution in [0.15, 0.2) is 0 Å². The Morgan fingerprint density at radius 1 is 1.29 bits per heavy atom. The van der Waals surface area contributed by atoms with Gasteiger partial charge in [0.1, 0.15) is 0 Å². The molecule has 1 saturated carbocycles. The summed E-state index contributed by atoms with van der Waals surface area (Å²) in [6.07, 6.45) is 8.21. The molecule has 0 bridgehead atoms. The first-order valence-corrected chi connectivity index (χ1v) is 9.17. The molecular weight excluding hydrogens is 260 g/mol. The van der Waals surface area contributed by atoms with Gasteiger partial charge in [-0.2, -0.15) is 0 Å². The van der Waals surface area contributed by atoms with Gasteiger partial charge in [0.2, 0.25) is 0 Å². The molecule has 0 aromatic heterocycles. The van der Waals surface area contributed by atoms with E-state index in [4.69, 9.17) is 0 Å². The van der Waals surface area contributed by atoms with E-state index in [1.54, 1.807) is 0 Å². The Labute approximate surface area is 131 Å². The summed E-state index contributed by atoms with van der Waals surface area (Å²) < 4.78 is 0. The maximum atomic E-state index is 10.8. The summed E-state index contributed by atoms with van der Waals surface area (Å²) in [7, 11) is 0. The van der Waals surface area contributed by atoms with Gasteiger partial charge in [0.05, 0.1) is 5.60 Å². The minimum atomic E-state index is -0.335. The molecule has 0 amide bonds. The molecule has 3 unspecified atom stereocenters. The summed E-state index contributed by atoms with van der Waals surface area (Å²) in [5.74, 6) is 0.518. The van der Waals surface area contributed by atoms with Crippen LogP contribution in [0.25, 0.3) is 0 Å². The Balaban J connectivity index is 1.87. The number of fused-ring (bicyclic) bond motifs is 1. The Morgan fingerprint density at radius 2 is 2.10 bits per heavy atom. The van der Waals surface area contributed by atoms with E-state index in [2.05, 4.69) is 31.0 Å². The van der Waals surface area contributed by atoms with Crippen molar-refractivity contribution >= 4 is 0 Å². The van der Waals surface area contributed by atoms with E-state index in [0.717, 1.165) is 39.0 Å². The lowest BCUT2D eigenvalue weighted by Gasteiger charge is -2.49. The second kappa shape index (κ2) is 7.43. The van der Waals surface area contributed by atoms with Crippen molar-refractivity contribution in [2.45, 2.75) is 71.3 Å². The van der Waals surface area contributed by atoms with Gasteiger partial charge < -0.3 is 15.3 Å². The first-order valence-electron chi connectivity index (χ1n) is 9.17. The molecule has 3 nitrogen and oxygen atoms in total. The molecule has 2 aliphatic rings. The summed E-state index contributed by atoms with van der Waals surface area (Å²) in [4.78, 5) is 2.63. The van der Waals surface area contributed by atoms with Crippen LogP contribution in [-0.4, -0.2) is 48.3 Å². The summed E-state index contributed by atoms with van der Waals surface area (Å²) in [6.45, 7) is 12.6. The zero-order chi connectivity index (χ0) is 15.3. The summed E-state index contributed by atoms with van der Waals surface area (Å²) >= 11 is 0. The third-order valence-electron chi connectivity index (χ3n) is 5.95. The van der Waals surface area contributed by atoms with Crippen LogP contribution in [0.3, 0.4) is 0 Å². The van der Waals surface area contributed by atoms with Crippen molar-refractivity contribution in [1.82, 2.24) is 10.2 Å². The number of nitrogens with zero attached hydrogens (tertiary/aromatic N) is 1. The molecule has 0 spiro atoms. The van der Waals surface area contributed by atoms with Crippen LogP contribution in [0.5, 0.6) is 0 Å². The van der Waals surface area contributed by atoms with E-state index in [9.17, 15) is 5.11 Å². The topological polar surface area (TPSA) is 35.5 Å². The lowest BCUT2D eigenvalue weighted by molar-refractivity contribution is -0.100. The van der Waals surface area contributed by atoms with Crippen molar-refractivity contribution < 1.29 is 5.11 Å². The van der Waals surface area contributed by atoms with E-state index in [1.165, 1.54) is 38.6 Å². The maximum Gasteiger partial charge on any atom is 0.0700 e. The fraction of sp³-hybridized carbons (Fsp3) is 1.00. The van der Waals surface area contributed by atoms with Crippen LogP contribution in [-0.2, 0) is 0 Å². The fourth-order valence-electron chi connectivity index (χ4n) is 4.18. The van der Waals surface area contributed by atoms with Crippen molar-refractivity contribution in [2.24, 2.45) is 11.3 Å². The molecule has 0 radical (unpaired) electrons. The van der Waals surface area contributed by atoms with Crippen molar-refractivity contribution in [2.75, 3.05) is 32.7 Å². The molecule has 2 N–H and O–H groups in total. The quantitative estimate of drug-likeness (QED) is 0.709. The fourth-order valence-corrected chi connectivity index (χ4v) is 4.18. The highest BCUT2D eigenvalue weighted by atomic mass is 16.3. The maximum absolute atomic E-state index is 10.8. The molecule has 1 heterocycles. The lowest BCUT2D eigenvalue weighted by atomic mass is 9.71. The number of aliphatic hydroxyl groups is 1. The van der Waals surface area contributed by atoms with Crippen molar-refractivity contribution in [3.05, 3.63) is 0 Å². The third-order valence-corrected chi connectivity index (χ3v) is 5.95. The van der Waals surface area contributed by atoms with E-state index in [-0.39, 0.29) is 5.60 Å². The van der Waals surface area contributed by atoms with Gasteiger partial charge in [0.15, 0.2) is 0 Å². The predicted octanol–water partition coefficient (Wildman–Crippen LogP) is 3.03. The van der Waals surface area contributed by atoms with Crippen LogP contribution in [0.4, 0.5) is 0 Å². The van der Waals surface area contributed by atoms with Crippen LogP contribution >= 0.6 is 0 Å². The van der Waals surface area contributed by atoms with Crippen LogP contribution < -0.4 is 5.32 Å². The number of hydrogen-bond donors (Lipinski definition) is 2. The second-order valence-electron chi connectivity index (χ2n) is 7.87. The average molecular weight is 296 g/mol. The zero-order valence-corrected chi connectivity index (χ0v) is 14.5. The van der Waals surface area contributed by atoms with Gasteiger partial charge in [-0.15, -0.1) is 0 Å². The zero-order valence-electron chi connectivity index (χ0n) is 14.5. The minimum Gasteiger partial charge on any atom is -0.390 e. The van der Waals surface area contributed by atoms with Crippen molar-refractivity contribution in [3.63, 3.8) is 0 Å². The molecule has 2 fully saturated rings. The molecule has 21 heavy (non-hydrogen) atoms. The van der Waals surface area contributed by atoms with E-state index >= 15 is 0 Å². The minimum absolute atomic E-state index is 0.335. The Morgan fingerprint density at radius 3 is 2.81 bits per heavy atom. The van der Waals surface area contributed by atoms with Gasteiger partial charge in [-0.3, -0.25) is 0 Å². The SMILES string of the molecule is CCCNCC(C)(CC)CN1CCC2(O)CCCCC2C1. The average Bonchev–Trinajstić information content (AvgIpc) is 2.48. The highest BCUT2D eigenvalue weighted by molar-refractivity contribution is 4.96. The first kappa shape index (κ1) is 17.2. The highest BCUT2D eigenvalue weighted by Gasteiger charge is 2.43. The molecule has 3 atom stereocenters. The number of nitrogens with one attached hydrogen (secondary N) is 1. The molecule has 0 aromatic carbocycles. The van der Waals surface area contributed by atoms with Gasteiger partial charge in [-0.25, -0.2) is 0 Å². The van der Waals surface area contributed by atoms with Gasteiger partial charge in [-0.05, 0) is 44.1 Å². The van der Waals surface area contributed by atoms with E-state index < -0.39 is 0 Å². The van der Waals surface area contributed by atoms with E-state index in [1.807, 2.05) is 0 Å². The predicted molar refractivity (Wildman–Crippen MR) is 89.5 cm³/mol. The van der Waals surface area contributed by atoms with Crippen LogP contribution in [0, 0.1) is 11.3 Å². The summed E-state index contributed by atoms with van der Waals surface area (Å²) in [5.41, 5.74) is 0.0249. The molecule has 3 heteroatoms. The molecule has 0 aromatic rings. The molecule has 2 rings (SSSR count). The number of rotatable bonds is 7. The van der Waals surface area contributed by atoms with Crippen LogP contribution in [0.1, 0.15) is 65.7 Å². The van der Waals surface area contributed by atoms with Crippen molar-refractivity contribution in [3.8, 4) is 0 Å². The van der Waals surface area contributed by atoms with Crippen molar-refractivity contribution in [1.29, 1.82) is 0 Å². The molecule has 1 aliphatic heterocycles. The summed E-state index contributed by atoms with van der Waals surface area (Å²) in [5, 5.41) is 14.4. The molecule has 124 valence electrons. The largest absolute Gasteiger partial charge is 0.390 e. The van der Waals surface area contributed by atoms with Gasteiger partial charge in [0.25, 0.3) is 0 Å². The standard InChI is InChI=1S/C18H36N2O/c1-4-11-19-14-17(3,5-2)15-20-12-10-18(21)9-7-6-8-16(18)13-20/h16,19,21H,4-15H2,1-3H3. The first-order chi connectivity index (χ1) is 10.0. The molecule has 1 saturated heterocycles. The number of hydrogen-bond acceptors (Lipinski definition) is 3. The normalized spacial score (nSPS) is 33.4. The van der Waals surface area contributed by atoms with E-state index in [0.29, 0.717) is 11.3 Å². The molecule has 1 aliphatic carbocycles. The summed E-state index contributed by atoms with van der Waals surface area (Å²) in [6, 6.07) is 0. The number of likely N-dealkylation sites (tertiary alicyclic amines) is 1.